The summed E-state index contributed by atoms with van der Waals surface area (Å²) in [5.41, 5.74) is -0.595. The molecule has 0 N–H and O–H groups in total. The molecular weight excluding hydrogens is 471 g/mol. The van der Waals surface area contributed by atoms with E-state index >= 15 is 0 Å². The molecule has 2 aromatic heterocycles. The van der Waals surface area contributed by atoms with Crippen molar-refractivity contribution in [2.24, 2.45) is 0 Å². The Balaban J connectivity index is 1.89. The van der Waals surface area contributed by atoms with Crippen molar-refractivity contribution in [1.29, 1.82) is 0 Å². The van der Waals surface area contributed by atoms with Crippen LogP contribution in [0.25, 0.3) is 11.1 Å². The third-order valence-electron chi connectivity index (χ3n) is 4.48. The fourth-order valence-electron chi connectivity index (χ4n) is 2.95. The number of carbonyl (C=O) groups is 1. The van der Waals surface area contributed by atoms with Gasteiger partial charge in [-0.3, -0.25) is 14.2 Å². The van der Waals surface area contributed by atoms with E-state index in [4.69, 9.17) is 4.74 Å². The van der Waals surface area contributed by atoms with Gasteiger partial charge in [-0.2, -0.15) is 13.2 Å². The lowest BCUT2D eigenvalue weighted by Crippen LogP contribution is -2.36. The Morgan fingerprint density at radius 1 is 1.32 bits per heavy atom. The van der Waals surface area contributed by atoms with E-state index in [1.54, 1.807) is 29.6 Å². The molecule has 3 heterocycles. The first kappa shape index (κ1) is 21.7. The SMILES string of the molecule is COC(=O)Cn1c(=O)/c(=C2\Sc3cc(C(F)(F)F)ccc3N2C)s/c1=C\c1nccs1. The van der Waals surface area contributed by atoms with E-state index in [9.17, 15) is 22.8 Å². The number of esters is 1. The molecule has 162 valence electrons. The minimum absolute atomic E-state index is 0.282. The maximum Gasteiger partial charge on any atom is 0.416 e. The van der Waals surface area contributed by atoms with Crippen LogP contribution >= 0.6 is 34.4 Å². The molecule has 0 fully saturated rings. The molecule has 1 aliphatic rings. The molecule has 0 unspecified atom stereocenters. The molecule has 0 saturated carbocycles. The number of rotatable bonds is 3. The van der Waals surface area contributed by atoms with Crippen LogP contribution in [-0.4, -0.2) is 29.7 Å². The van der Waals surface area contributed by atoms with Gasteiger partial charge in [0.1, 0.15) is 25.8 Å². The number of carbonyl (C=O) groups excluding carboxylic acids is 1. The average molecular weight is 486 g/mol. The third-order valence-corrected chi connectivity index (χ3v) is 7.67. The van der Waals surface area contributed by atoms with Crippen LogP contribution in [0, 0.1) is 0 Å². The molecule has 0 saturated heterocycles. The van der Waals surface area contributed by atoms with Crippen molar-refractivity contribution in [2.75, 3.05) is 19.1 Å². The molecule has 0 radical (unpaired) electrons. The predicted octanol–water partition coefficient (Wildman–Crippen LogP) is 2.69. The summed E-state index contributed by atoms with van der Waals surface area (Å²) in [5, 5.41) is 2.94. The second-order valence-electron chi connectivity index (χ2n) is 6.40. The van der Waals surface area contributed by atoms with E-state index in [-0.39, 0.29) is 6.54 Å². The second kappa shape index (κ2) is 8.17. The molecule has 4 rings (SSSR count). The molecule has 0 bridgehead atoms. The number of nitrogens with zero attached hydrogens (tertiary/aromatic N) is 3. The number of hydrogen-bond acceptors (Lipinski definition) is 8. The highest BCUT2D eigenvalue weighted by Crippen LogP contribution is 2.47. The lowest BCUT2D eigenvalue weighted by atomic mass is 10.2. The van der Waals surface area contributed by atoms with Crippen molar-refractivity contribution in [3.63, 3.8) is 0 Å². The Hall–Kier alpha value is -2.57. The Bertz CT molecular complexity index is 1330. The van der Waals surface area contributed by atoms with Crippen LogP contribution < -0.4 is 19.7 Å². The van der Waals surface area contributed by atoms with Gasteiger partial charge in [-0.25, -0.2) is 4.98 Å². The molecule has 1 aliphatic heterocycles. The number of hydrogen-bond donors (Lipinski definition) is 0. The molecule has 0 spiro atoms. The van der Waals surface area contributed by atoms with Crippen LogP contribution in [-0.2, 0) is 22.3 Å². The zero-order chi connectivity index (χ0) is 22.3. The van der Waals surface area contributed by atoms with E-state index in [1.165, 1.54) is 29.1 Å². The second-order valence-corrected chi connectivity index (χ2v) is 9.39. The Morgan fingerprint density at radius 2 is 2.10 bits per heavy atom. The summed E-state index contributed by atoms with van der Waals surface area (Å²) >= 11 is 3.62. The number of fused-ring (bicyclic) bond motifs is 1. The van der Waals surface area contributed by atoms with Crippen LogP contribution in [0.4, 0.5) is 18.9 Å². The number of ether oxygens (including phenoxy) is 1. The highest BCUT2D eigenvalue weighted by molar-refractivity contribution is 8.08. The van der Waals surface area contributed by atoms with E-state index in [1.807, 2.05) is 0 Å². The normalized spacial score (nSPS) is 16.0. The number of thioether (sulfide) groups is 1. The van der Waals surface area contributed by atoms with Gasteiger partial charge in [0.15, 0.2) is 0 Å². The van der Waals surface area contributed by atoms with E-state index in [0.29, 0.717) is 29.8 Å². The first-order valence-electron chi connectivity index (χ1n) is 8.74. The van der Waals surface area contributed by atoms with Crippen LogP contribution in [0.15, 0.2) is 39.5 Å². The summed E-state index contributed by atoms with van der Waals surface area (Å²) in [7, 11) is 2.92. The van der Waals surface area contributed by atoms with Crippen molar-refractivity contribution in [2.45, 2.75) is 17.6 Å². The van der Waals surface area contributed by atoms with E-state index in [0.717, 1.165) is 35.2 Å². The minimum atomic E-state index is -4.46. The first-order chi connectivity index (χ1) is 14.7. The van der Waals surface area contributed by atoms with Crippen molar-refractivity contribution in [1.82, 2.24) is 9.55 Å². The molecule has 0 aliphatic carbocycles. The van der Waals surface area contributed by atoms with Gasteiger partial charge in [0, 0.05) is 29.6 Å². The fourth-order valence-corrected chi connectivity index (χ4v) is 6.02. The largest absolute Gasteiger partial charge is 0.468 e. The van der Waals surface area contributed by atoms with E-state index < -0.39 is 23.3 Å². The number of methoxy groups -OCH3 is 1. The third kappa shape index (κ3) is 4.14. The van der Waals surface area contributed by atoms with Crippen molar-refractivity contribution in [3.8, 4) is 0 Å². The van der Waals surface area contributed by atoms with Crippen LogP contribution in [0.5, 0.6) is 0 Å². The highest BCUT2D eigenvalue weighted by atomic mass is 32.2. The van der Waals surface area contributed by atoms with E-state index in [2.05, 4.69) is 4.98 Å². The summed E-state index contributed by atoms with van der Waals surface area (Å²) in [6.45, 7) is -0.282. The topological polar surface area (TPSA) is 64.4 Å². The van der Waals surface area contributed by atoms with Gasteiger partial charge in [-0.15, -0.1) is 22.7 Å². The van der Waals surface area contributed by atoms with Gasteiger partial charge >= 0.3 is 12.1 Å². The predicted molar refractivity (Wildman–Crippen MR) is 115 cm³/mol. The lowest BCUT2D eigenvalue weighted by molar-refractivity contribution is -0.141. The smallest absolute Gasteiger partial charge is 0.416 e. The Morgan fingerprint density at radius 3 is 2.74 bits per heavy atom. The van der Waals surface area contributed by atoms with Crippen molar-refractivity contribution < 1.29 is 22.7 Å². The van der Waals surface area contributed by atoms with Gasteiger partial charge in [0.05, 0.1) is 18.4 Å². The highest BCUT2D eigenvalue weighted by Gasteiger charge is 2.33. The Labute approximate surface area is 185 Å². The summed E-state index contributed by atoms with van der Waals surface area (Å²) in [6.07, 6.45) is -1.14. The number of halogens is 3. The maximum atomic E-state index is 13.2. The van der Waals surface area contributed by atoms with Crippen LogP contribution in [0.3, 0.4) is 0 Å². The van der Waals surface area contributed by atoms with Gasteiger partial charge in [-0.1, -0.05) is 11.8 Å². The summed E-state index contributed by atoms with van der Waals surface area (Å²) < 4.78 is 46.1. The van der Waals surface area contributed by atoms with Crippen LogP contribution in [0.2, 0.25) is 0 Å². The molecule has 0 amide bonds. The zero-order valence-electron chi connectivity index (χ0n) is 16.1. The lowest BCUT2D eigenvalue weighted by Gasteiger charge is -2.13. The number of thiazole rings is 2. The standard InChI is InChI=1S/C19H14F3N3O3S3/c1-24-11-4-3-10(19(20,21)22)7-12(11)30-18(24)16-17(27)25(9-15(26)28-2)14(31-16)8-13-23-5-6-29-13/h3-8H,9H2,1-2H3/b14-8-,18-16+. The molecule has 3 aromatic rings. The summed E-state index contributed by atoms with van der Waals surface area (Å²) in [6, 6.07) is 3.48. The number of alkyl halides is 3. The van der Waals surface area contributed by atoms with Gasteiger partial charge in [-0.05, 0) is 18.2 Å². The molecular formula is C19H14F3N3O3S3. The van der Waals surface area contributed by atoms with Gasteiger partial charge in [0.2, 0.25) is 0 Å². The van der Waals surface area contributed by atoms with Crippen LogP contribution in [0.1, 0.15) is 10.6 Å². The molecule has 12 heteroatoms. The zero-order valence-corrected chi connectivity index (χ0v) is 18.5. The number of anilines is 1. The Kier molecular flexibility index (Phi) is 5.71. The fraction of sp³-hybridized carbons (Fsp3) is 0.211. The first-order valence-corrected chi connectivity index (χ1v) is 11.2. The minimum Gasteiger partial charge on any atom is -0.468 e. The monoisotopic (exact) mass is 485 g/mol. The summed E-state index contributed by atoms with van der Waals surface area (Å²) in [5.74, 6) is -0.587. The molecule has 31 heavy (non-hydrogen) atoms. The number of benzene rings is 1. The van der Waals surface area contributed by atoms with Gasteiger partial charge < -0.3 is 9.64 Å². The molecule has 1 aromatic carbocycles. The quantitative estimate of drug-likeness (QED) is 0.532. The molecule has 6 nitrogen and oxygen atoms in total. The maximum absolute atomic E-state index is 13.2. The van der Waals surface area contributed by atoms with Gasteiger partial charge in [0.25, 0.3) is 5.56 Å². The van der Waals surface area contributed by atoms with Crippen molar-refractivity contribution >= 4 is 57.2 Å². The summed E-state index contributed by atoms with van der Waals surface area (Å²) in [4.78, 5) is 31.3. The molecule has 0 atom stereocenters. The van der Waals surface area contributed by atoms with Crippen molar-refractivity contribution in [3.05, 3.63) is 59.9 Å². The number of aromatic nitrogens is 2. The average Bonchev–Trinajstić information content (AvgIpc) is 3.42.